The zero-order valence-electron chi connectivity index (χ0n) is 5.40. The number of hydrogen-bond donors (Lipinski definition) is 0. The molecule has 0 aliphatic rings. The second kappa shape index (κ2) is 2.99. The van der Waals surface area contributed by atoms with E-state index in [4.69, 9.17) is 0 Å². The van der Waals surface area contributed by atoms with Crippen molar-refractivity contribution in [3.05, 3.63) is 0 Å². The summed E-state index contributed by atoms with van der Waals surface area (Å²) in [5.74, 6) is -1.57. The van der Waals surface area contributed by atoms with E-state index < -0.39 is 5.85 Å². The average molecular weight is 122 g/mol. The highest BCUT2D eigenvalue weighted by molar-refractivity contribution is 4.45. The molecule has 0 amide bonds. The van der Waals surface area contributed by atoms with Gasteiger partial charge in [0.2, 0.25) is 5.85 Å². The molecular weight excluding hydrogens is 111 g/mol. The summed E-state index contributed by atoms with van der Waals surface area (Å²) in [6, 6.07) is 0. The maximum absolute atomic E-state index is 12.3. The maximum Gasteiger partial charge on any atom is 0.205 e. The lowest BCUT2D eigenvalue weighted by Gasteiger charge is -2.13. The number of rotatable bonds is 3. The van der Waals surface area contributed by atoms with Gasteiger partial charge < -0.3 is 9.47 Å². The van der Waals surface area contributed by atoms with Crippen molar-refractivity contribution in [1.29, 1.82) is 0 Å². The Morgan fingerprint density at radius 3 is 2.12 bits per heavy atom. The number of methoxy groups -OCH3 is 1. The normalized spacial score (nSPS) is 12.0. The van der Waals surface area contributed by atoms with Gasteiger partial charge in [-0.25, -0.2) is 4.39 Å². The van der Waals surface area contributed by atoms with Crippen molar-refractivity contribution in [1.82, 2.24) is 0 Å². The van der Waals surface area contributed by atoms with Crippen molar-refractivity contribution in [3.8, 4) is 0 Å². The molecule has 2 nitrogen and oxygen atoms in total. The molecule has 0 rings (SSSR count). The van der Waals surface area contributed by atoms with Crippen LogP contribution in [0.15, 0.2) is 0 Å². The summed E-state index contributed by atoms with van der Waals surface area (Å²) in [4.78, 5) is 0. The predicted octanol–water partition coefficient (Wildman–Crippen LogP) is 1.31. The van der Waals surface area contributed by atoms with E-state index in [0.717, 1.165) is 0 Å². The Morgan fingerprint density at radius 2 is 2.00 bits per heavy atom. The monoisotopic (exact) mass is 122 g/mol. The fourth-order valence-corrected chi connectivity index (χ4v) is 0.199. The van der Waals surface area contributed by atoms with Crippen LogP contribution in [0.4, 0.5) is 4.39 Å². The molecule has 0 saturated carbocycles. The van der Waals surface area contributed by atoms with Crippen molar-refractivity contribution in [2.24, 2.45) is 0 Å². The van der Waals surface area contributed by atoms with E-state index in [9.17, 15) is 4.39 Å². The van der Waals surface area contributed by atoms with Crippen molar-refractivity contribution in [2.75, 3.05) is 13.9 Å². The van der Waals surface area contributed by atoms with Gasteiger partial charge in [-0.05, 0) is 13.8 Å². The largest absolute Gasteiger partial charge is 0.359 e. The van der Waals surface area contributed by atoms with Crippen LogP contribution < -0.4 is 0 Å². The number of ether oxygens (including phenoxy) is 2. The molecule has 0 saturated heterocycles. The maximum atomic E-state index is 12.3. The molecule has 0 fully saturated rings. The average Bonchev–Trinajstić information content (AvgIpc) is 1.59. The third-order valence-corrected chi connectivity index (χ3v) is 0.520. The van der Waals surface area contributed by atoms with E-state index in [1.165, 1.54) is 21.0 Å². The zero-order valence-corrected chi connectivity index (χ0v) is 5.40. The summed E-state index contributed by atoms with van der Waals surface area (Å²) in [7, 11) is 1.45. The molecule has 0 aromatic heterocycles. The molecule has 3 heteroatoms. The Labute approximate surface area is 48.6 Å². The molecule has 8 heavy (non-hydrogen) atoms. The van der Waals surface area contributed by atoms with Crippen LogP contribution in [-0.4, -0.2) is 19.8 Å². The fraction of sp³-hybridized carbons (Fsp3) is 1.00. The van der Waals surface area contributed by atoms with Crippen LogP contribution in [0.3, 0.4) is 0 Å². The van der Waals surface area contributed by atoms with E-state index in [1.807, 2.05) is 0 Å². The van der Waals surface area contributed by atoms with Crippen LogP contribution in [0.5, 0.6) is 0 Å². The first kappa shape index (κ1) is 7.85. The summed E-state index contributed by atoms with van der Waals surface area (Å²) in [5.41, 5.74) is 0. The second-order valence-electron chi connectivity index (χ2n) is 1.91. The fourth-order valence-electron chi connectivity index (χ4n) is 0.199. The molecule has 0 aromatic carbocycles. The highest BCUT2D eigenvalue weighted by atomic mass is 19.2. The molecule has 0 atom stereocenters. The Hall–Kier alpha value is -0.150. The third kappa shape index (κ3) is 5.85. The minimum absolute atomic E-state index is 0.00347. The van der Waals surface area contributed by atoms with E-state index >= 15 is 0 Å². The molecule has 0 radical (unpaired) electrons. The Balaban J connectivity index is 3.11. The van der Waals surface area contributed by atoms with Crippen LogP contribution in [-0.2, 0) is 9.47 Å². The minimum Gasteiger partial charge on any atom is -0.359 e. The molecule has 0 aliphatic carbocycles. The molecule has 0 heterocycles. The van der Waals surface area contributed by atoms with Crippen molar-refractivity contribution in [3.63, 3.8) is 0 Å². The van der Waals surface area contributed by atoms with Crippen LogP contribution in [0.1, 0.15) is 13.8 Å². The lowest BCUT2D eigenvalue weighted by Crippen LogP contribution is -2.18. The highest BCUT2D eigenvalue weighted by Gasteiger charge is 2.13. The number of hydrogen-bond acceptors (Lipinski definition) is 2. The Bertz CT molecular complexity index is 57.9. The van der Waals surface area contributed by atoms with Gasteiger partial charge in [0.15, 0.2) is 0 Å². The van der Waals surface area contributed by atoms with Gasteiger partial charge in [0.25, 0.3) is 0 Å². The van der Waals surface area contributed by atoms with Crippen molar-refractivity contribution >= 4 is 0 Å². The van der Waals surface area contributed by atoms with Gasteiger partial charge in [-0.15, -0.1) is 0 Å². The van der Waals surface area contributed by atoms with Crippen molar-refractivity contribution in [2.45, 2.75) is 19.7 Å². The SMILES string of the molecule is COCOC(C)(C)F. The summed E-state index contributed by atoms with van der Waals surface area (Å²) in [6.45, 7) is 2.65. The van der Waals surface area contributed by atoms with Crippen LogP contribution in [0.25, 0.3) is 0 Å². The van der Waals surface area contributed by atoms with E-state index in [1.54, 1.807) is 0 Å². The van der Waals surface area contributed by atoms with Gasteiger partial charge in [-0.1, -0.05) is 0 Å². The topological polar surface area (TPSA) is 18.5 Å². The lowest BCUT2D eigenvalue weighted by molar-refractivity contribution is -0.177. The van der Waals surface area contributed by atoms with Crippen molar-refractivity contribution < 1.29 is 13.9 Å². The van der Waals surface area contributed by atoms with E-state index in [2.05, 4.69) is 9.47 Å². The Kier molecular flexibility index (Phi) is 2.94. The summed E-state index contributed by atoms with van der Waals surface area (Å²) < 4.78 is 21.2. The first-order valence-electron chi connectivity index (χ1n) is 2.38. The molecule has 0 aliphatic heterocycles. The number of alkyl halides is 1. The van der Waals surface area contributed by atoms with E-state index in [0.29, 0.717) is 0 Å². The van der Waals surface area contributed by atoms with Gasteiger partial charge in [-0.3, -0.25) is 0 Å². The van der Waals surface area contributed by atoms with Gasteiger partial charge in [0.05, 0.1) is 0 Å². The summed E-state index contributed by atoms with van der Waals surface area (Å²) in [5, 5.41) is 0. The zero-order chi connectivity index (χ0) is 6.62. The third-order valence-electron chi connectivity index (χ3n) is 0.520. The molecule has 0 bridgehead atoms. The van der Waals surface area contributed by atoms with Gasteiger partial charge >= 0.3 is 0 Å². The van der Waals surface area contributed by atoms with Crippen LogP contribution in [0.2, 0.25) is 0 Å². The summed E-state index contributed by atoms with van der Waals surface area (Å²) >= 11 is 0. The molecule has 0 aromatic rings. The standard InChI is InChI=1S/C5H11FO2/c1-5(2,6)8-4-7-3/h4H2,1-3H3. The molecule has 0 N–H and O–H groups in total. The van der Waals surface area contributed by atoms with Gasteiger partial charge in [0, 0.05) is 7.11 Å². The van der Waals surface area contributed by atoms with E-state index in [-0.39, 0.29) is 6.79 Å². The second-order valence-corrected chi connectivity index (χ2v) is 1.91. The lowest BCUT2D eigenvalue weighted by atomic mass is 10.4. The van der Waals surface area contributed by atoms with Crippen LogP contribution >= 0.6 is 0 Å². The highest BCUT2D eigenvalue weighted by Crippen LogP contribution is 2.08. The predicted molar refractivity (Wildman–Crippen MR) is 28.1 cm³/mol. The smallest absolute Gasteiger partial charge is 0.205 e. The molecule has 0 unspecified atom stereocenters. The quantitative estimate of drug-likeness (QED) is 0.525. The summed E-state index contributed by atoms with van der Waals surface area (Å²) in [6.07, 6.45) is 0. The first-order chi connectivity index (χ1) is 3.56. The molecule has 0 spiro atoms. The number of halogens is 1. The minimum atomic E-state index is -1.57. The first-order valence-corrected chi connectivity index (χ1v) is 2.38. The van der Waals surface area contributed by atoms with Crippen LogP contribution in [0, 0.1) is 0 Å². The molecule has 50 valence electrons. The Morgan fingerprint density at radius 1 is 1.50 bits per heavy atom. The van der Waals surface area contributed by atoms with Gasteiger partial charge in [0.1, 0.15) is 6.79 Å². The van der Waals surface area contributed by atoms with Gasteiger partial charge in [-0.2, -0.15) is 0 Å². The molecular formula is C5H11FO2.